The lowest BCUT2D eigenvalue weighted by Gasteiger charge is -2.32. The average molecular weight is 515 g/mol. The van der Waals surface area contributed by atoms with Gasteiger partial charge in [-0.05, 0) is 31.3 Å². The topological polar surface area (TPSA) is 152 Å². The molecule has 0 saturated carbocycles. The maximum Gasteiger partial charge on any atom is 0.270 e. The first-order valence-electron chi connectivity index (χ1n) is 11.2. The summed E-state index contributed by atoms with van der Waals surface area (Å²) in [6.07, 6.45) is 1.28. The third-order valence-electron chi connectivity index (χ3n) is 5.60. The van der Waals surface area contributed by atoms with Crippen molar-refractivity contribution >= 4 is 44.7 Å². The Morgan fingerprint density at radius 2 is 1.97 bits per heavy atom. The van der Waals surface area contributed by atoms with Gasteiger partial charge in [-0.15, -0.1) is 0 Å². The molecule has 0 aliphatic carbocycles. The predicted molar refractivity (Wildman–Crippen MR) is 136 cm³/mol. The van der Waals surface area contributed by atoms with Crippen molar-refractivity contribution in [1.29, 1.82) is 0 Å². The number of carbonyl (C=O) groups is 2. The quantitative estimate of drug-likeness (QED) is 0.248. The van der Waals surface area contributed by atoms with Crippen LogP contribution >= 0.6 is 11.3 Å². The van der Waals surface area contributed by atoms with E-state index in [1.807, 2.05) is 0 Å². The zero-order valence-electron chi connectivity index (χ0n) is 19.7. The molecule has 4 rings (SSSR count). The van der Waals surface area contributed by atoms with Gasteiger partial charge in [0.2, 0.25) is 5.95 Å². The fourth-order valence-electron chi connectivity index (χ4n) is 3.58. The minimum absolute atomic E-state index is 0.123. The number of halogens is 1. The Labute approximate surface area is 211 Å². The minimum atomic E-state index is -0.820. The van der Waals surface area contributed by atoms with Crippen LogP contribution in [-0.4, -0.2) is 78.0 Å². The van der Waals surface area contributed by atoms with Crippen LogP contribution in [0.2, 0.25) is 0 Å². The van der Waals surface area contributed by atoms with Crippen molar-refractivity contribution in [3.05, 3.63) is 53.7 Å². The molecule has 0 atom stereocenters. The number of benzene rings is 1. The fraction of sp³-hybridized carbons (Fsp3) is 0.304. The summed E-state index contributed by atoms with van der Waals surface area (Å²) in [5.41, 5.74) is 12.4. The number of primary amides is 1. The molecule has 1 aromatic carbocycles. The minimum Gasteiger partial charge on any atom is -0.490 e. The second-order valence-electron chi connectivity index (χ2n) is 8.25. The van der Waals surface area contributed by atoms with Gasteiger partial charge >= 0.3 is 0 Å². The van der Waals surface area contributed by atoms with Crippen molar-refractivity contribution < 1.29 is 18.7 Å². The van der Waals surface area contributed by atoms with Crippen LogP contribution in [0.1, 0.15) is 20.8 Å². The fourth-order valence-corrected chi connectivity index (χ4v) is 4.47. The number of ether oxygens (including phenoxy) is 1. The summed E-state index contributed by atoms with van der Waals surface area (Å²) in [5, 5.41) is 5.90. The van der Waals surface area contributed by atoms with Crippen molar-refractivity contribution in [2.45, 2.75) is 0 Å². The number of nitrogen functional groups attached to an aromatic ring is 1. The summed E-state index contributed by atoms with van der Waals surface area (Å²) in [6, 6.07) is 7.43. The number of thiazole rings is 1. The molecule has 0 spiro atoms. The summed E-state index contributed by atoms with van der Waals surface area (Å²) in [4.78, 5) is 36.9. The van der Waals surface area contributed by atoms with E-state index in [1.165, 1.54) is 24.4 Å². The Balaban J connectivity index is 1.38. The summed E-state index contributed by atoms with van der Waals surface area (Å²) in [6.45, 7) is 5.33. The number of amides is 2. The molecule has 1 fully saturated rings. The number of anilines is 4. The molecular formula is C23H27FN8O3S. The molecular weight excluding hydrogens is 487 g/mol. The number of piperazine rings is 1. The lowest BCUT2D eigenvalue weighted by molar-refractivity contribution is 0.0997. The molecule has 13 heteroatoms. The first-order valence-corrected chi connectivity index (χ1v) is 12.0. The number of hydrogen-bond donors (Lipinski definition) is 4. The van der Waals surface area contributed by atoms with E-state index in [9.17, 15) is 14.0 Å². The average Bonchev–Trinajstić information content (AvgIpc) is 3.23. The van der Waals surface area contributed by atoms with Gasteiger partial charge in [0.25, 0.3) is 11.8 Å². The van der Waals surface area contributed by atoms with E-state index in [0.29, 0.717) is 23.7 Å². The standard InChI is InChI=1S/C23H27FN8O3S/c1-31-6-8-32(9-7-31)10-11-35-17-3-2-14(12-16(17)25)21(34)30-22-19(20(26)33)29-23(36-22)28-15-4-5-27-18(24)13-15/h2-5,12-13H,6-11,25H2,1H3,(H2,26,33)(H,30,34)(H,27,28,29). The van der Waals surface area contributed by atoms with Crippen LogP contribution in [0.25, 0.3) is 0 Å². The van der Waals surface area contributed by atoms with E-state index >= 15 is 0 Å². The van der Waals surface area contributed by atoms with Gasteiger partial charge in [0.05, 0.1) is 5.69 Å². The molecule has 0 unspecified atom stereocenters. The first-order chi connectivity index (χ1) is 17.3. The van der Waals surface area contributed by atoms with Gasteiger partial charge in [0.1, 0.15) is 17.4 Å². The maximum absolute atomic E-state index is 13.3. The Kier molecular flexibility index (Phi) is 7.93. The highest BCUT2D eigenvalue weighted by Gasteiger charge is 2.20. The SMILES string of the molecule is CN1CCN(CCOc2ccc(C(=O)Nc3sc(Nc4ccnc(F)c4)nc3C(N)=O)cc2N)CC1. The van der Waals surface area contributed by atoms with E-state index in [2.05, 4.69) is 37.4 Å². The third-order valence-corrected chi connectivity index (χ3v) is 6.48. The van der Waals surface area contributed by atoms with Crippen molar-refractivity contribution in [3.8, 4) is 5.75 Å². The van der Waals surface area contributed by atoms with Gasteiger partial charge in [-0.3, -0.25) is 14.5 Å². The number of hydrogen-bond acceptors (Lipinski definition) is 10. The summed E-state index contributed by atoms with van der Waals surface area (Å²) < 4.78 is 19.2. The third kappa shape index (κ3) is 6.44. The lowest BCUT2D eigenvalue weighted by atomic mass is 10.1. The van der Waals surface area contributed by atoms with Crippen LogP contribution in [-0.2, 0) is 0 Å². The van der Waals surface area contributed by atoms with Crippen molar-refractivity contribution in [3.63, 3.8) is 0 Å². The Hall–Kier alpha value is -3.81. The maximum atomic E-state index is 13.3. The second kappa shape index (κ2) is 11.3. The number of nitrogens with one attached hydrogen (secondary N) is 2. The highest BCUT2D eigenvalue weighted by molar-refractivity contribution is 7.20. The van der Waals surface area contributed by atoms with Gasteiger partial charge in [0.15, 0.2) is 10.8 Å². The largest absolute Gasteiger partial charge is 0.490 e. The second-order valence-corrected chi connectivity index (χ2v) is 9.25. The van der Waals surface area contributed by atoms with E-state index < -0.39 is 17.8 Å². The highest BCUT2D eigenvalue weighted by atomic mass is 32.1. The monoisotopic (exact) mass is 514 g/mol. The van der Waals surface area contributed by atoms with Crippen molar-refractivity contribution in [2.24, 2.45) is 5.73 Å². The summed E-state index contributed by atoms with van der Waals surface area (Å²) >= 11 is 0.982. The Morgan fingerprint density at radius 3 is 2.67 bits per heavy atom. The first kappa shape index (κ1) is 25.3. The van der Waals surface area contributed by atoms with Gasteiger partial charge < -0.3 is 31.7 Å². The molecule has 11 nitrogen and oxygen atoms in total. The molecule has 1 aliphatic rings. The molecule has 0 radical (unpaired) electrons. The van der Waals surface area contributed by atoms with Gasteiger partial charge in [-0.25, -0.2) is 9.97 Å². The lowest BCUT2D eigenvalue weighted by Crippen LogP contribution is -2.45. The van der Waals surface area contributed by atoms with Crippen molar-refractivity contribution in [1.82, 2.24) is 19.8 Å². The smallest absolute Gasteiger partial charge is 0.270 e. The highest BCUT2D eigenvalue weighted by Crippen LogP contribution is 2.31. The van der Waals surface area contributed by atoms with Crippen LogP contribution in [0.15, 0.2) is 36.5 Å². The van der Waals surface area contributed by atoms with E-state index in [4.69, 9.17) is 16.2 Å². The normalized spacial score (nSPS) is 14.4. The molecule has 3 heterocycles. The number of pyridine rings is 1. The summed E-state index contributed by atoms with van der Waals surface area (Å²) in [5.74, 6) is -1.51. The summed E-state index contributed by atoms with van der Waals surface area (Å²) in [7, 11) is 2.11. The zero-order chi connectivity index (χ0) is 25.7. The van der Waals surface area contributed by atoms with E-state index in [0.717, 1.165) is 44.1 Å². The molecule has 2 amide bonds. The van der Waals surface area contributed by atoms with Crippen LogP contribution in [0.4, 0.5) is 25.9 Å². The number of likely N-dealkylation sites (N-methyl/N-ethyl adjacent to an activating group) is 1. The van der Waals surface area contributed by atoms with Crippen LogP contribution in [0.5, 0.6) is 5.75 Å². The van der Waals surface area contributed by atoms with Gasteiger partial charge in [0, 0.05) is 56.2 Å². The number of aromatic nitrogens is 2. The zero-order valence-corrected chi connectivity index (χ0v) is 20.5. The molecule has 6 N–H and O–H groups in total. The number of carbonyl (C=O) groups excluding carboxylic acids is 2. The molecule has 3 aromatic rings. The van der Waals surface area contributed by atoms with Crippen LogP contribution in [0, 0.1) is 5.95 Å². The Bertz CT molecular complexity index is 1250. The van der Waals surface area contributed by atoms with Crippen LogP contribution < -0.4 is 26.8 Å². The Morgan fingerprint density at radius 1 is 1.19 bits per heavy atom. The van der Waals surface area contributed by atoms with Gasteiger partial charge in [-0.1, -0.05) is 11.3 Å². The van der Waals surface area contributed by atoms with Crippen LogP contribution in [0.3, 0.4) is 0 Å². The molecule has 36 heavy (non-hydrogen) atoms. The molecule has 190 valence electrons. The van der Waals surface area contributed by atoms with E-state index in [1.54, 1.807) is 12.1 Å². The van der Waals surface area contributed by atoms with Gasteiger partial charge in [-0.2, -0.15) is 4.39 Å². The molecule has 0 bridgehead atoms. The number of nitrogens with two attached hydrogens (primary N) is 2. The molecule has 1 saturated heterocycles. The predicted octanol–water partition coefficient (Wildman–Crippen LogP) is 1.98. The molecule has 1 aliphatic heterocycles. The molecule has 2 aromatic heterocycles. The number of nitrogens with zero attached hydrogens (tertiary/aromatic N) is 4. The van der Waals surface area contributed by atoms with E-state index in [-0.39, 0.29) is 21.4 Å². The number of rotatable bonds is 9. The van der Waals surface area contributed by atoms with Crippen molar-refractivity contribution in [2.75, 3.05) is 62.7 Å².